The van der Waals surface area contributed by atoms with E-state index in [0.717, 1.165) is 19.1 Å². The molecule has 0 saturated heterocycles. The van der Waals surface area contributed by atoms with E-state index in [1.165, 1.54) is 10.4 Å². The number of rotatable bonds is 9. The zero-order valence-corrected chi connectivity index (χ0v) is 17.2. The lowest BCUT2D eigenvalue weighted by molar-refractivity contribution is -0.107. The van der Waals surface area contributed by atoms with E-state index in [2.05, 4.69) is 93.6 Å². The standard InChI is InChI=1S/C23H30O2Si/c1-23(2,3)26(21-15-9-7-10-16-21,22-17-11-8-12-18-22)25-20-14-6-4-5-13-19-24/h4,6-12,15-19H,5,13-14,20H2,1-3H3. The summed E-state index contributed by atoms with van der Waals surface area (Å²) in [6.07, 6.45) is 7.42. The third kappa shape index (κ3) is 4.80. The van der Waals surface area contributed by atoms with E-state index in [4.69, 9.17) is 4.43 Å². The Hall–Kier alpha value is -1.97. The van der Waals surface area contributed by atoms with Gasteiger partial charge < -0.3 is 9.22 Å². The molecule has 2 aromatic rings. The summed E-state index contributed by atoms with van der Waals surface area (Å²) in [5, 5.41) is 2.63. The highest BCUT2D eigenvalue weighted by Gasteiger charge is 2.49. The molecule has 0 bridgehead atoms. The lowest BCUT2D eigenvalue weighted by Gasteiger charge is -2.43. The van der Waals surface area contributed by atoms with Crippen molar-refractivity contribution in [2.75, 3.05) is 6.61 Å². The van der Waals surface area contributed by atoms with E-state index in [1.807, 2.05) is 0 Å². The normalized spacial score (nSPS) is 12.4. The Morgan fingerprint density at radius 1 is 0.808 bits per heavy atom. The Kier molecular flexibility index (Phi) is 7.55. The van der Waals surface area contributed by atoms with Crippen LogP contribution in [0, 0.1) is 0 Å². The van der Waals surface area contributed by atoms with Crippen molar-refractivity contribution in [1.82, 2.24) is 0 Å². The lowest BCUT2D eigenvalue weighted by Crippen LogP contribution is -2.66. The molecule has 2 aromatic carbocycles. The van der Waals surface area contributed by atoms with Gasteiger partial charge in [-0.05, 0) is 28.3 Å². The average Bonchev–Trinajstić information content (AvgIpc) is 2.64. The molecule has 2 rings (SSSR count). The van der Waals surface area contributed by atoms with Crippen LogP contribution in [0.2, 0.25) is 5.04 Å². The summed E-state index contributed by atoms with van der Waals surface area (Å²) >= 11 is 0. The van der Waals surface area contributed by atoms with Crippen molar-refractivity contribution in [2.45, 2.75) is 45.1 Å². The predicted molar refractivity (Wildman–Crippen MR) is 113 cm³/mol. The second kappa shape index (κ2) is 9.65. The molecule has 0 atom stereocenters. The van der Waals surface area contributed by atoms with E-state index in [0.29, 0.717) is 13.0 Å². The number of unbranched alkanes of at least 4 members (excludes halogenated alkanes) is 1. The number of hydrogen-bond donors (Lipinski definition) is 0. The topological polar surface area (TPSA) is 26.3 Å². The zero-order chi connectivity index (χ0) is 18.9. The first-order chi connectivity index (χ1) is 12.5. The average molecular weight is 367 g/mol. The van der Waals surface area contributed by atoms with Gasteiger partial charge in [-0.2, -0.15) is 0 Å². The number of allylic oxidation sites excluding steroid dienone is 1. The Balaban J connectivity index is 2.32. The number of carbonyl (C=O) groups is 1. The Morgan fingerprint density at radius 2 is 1.31 bits per heavy atom. The first-order valence-corrected chi connectivity index (χ1v) is 11.3. The molecule has 0 heterocycles. The van der Waals surface area contributed by atoms with Gasteiger partial charge in [-0.15, -0.1) is 0 Å². The van der Waals surface area contributed by atoms with Crippen LogP contribution >= 0.6 is 0 Å². The van der Waals surface area contributed by atoms with Crippen LogP contribution in [0.25, 0.3) is 0 Å². The summed E-state index contributed by atoms with van der Waals surface area (Å²) < 4.78 is 6.79. The molecule has 0 amide bonds. The molecule has 3 heteroatoms. The maximum atomic E-state index is 10.4. The fourth-order valence-corrected chi connectivity index (χ4v) is 8.02. The monoisotopic (exact) mass is 366 g/mol. The molecule has 0 unspecified atom stereocenters. The maximum absolute atomic E-state index is 10.4. The lowest BCUT2D eigenvalue weighted by atomic mass is 10.2. The van der Waals surface area contributed by atoms with Crippen molar-refractivity contribution in [2.24, 2.45) is 0 Å². The van der Waals surface area contributed by atoms with Crippen molar-refractivity contribution in [3.63, 3.8) is 0 Å². The highest BCUT2D eigenvalue weighted by Crippen LogP contribution is 2.36. The van der Waals surface area contributed by atoms with E-state index in [-0.39, 0.29) is 5.04 Å². The fourth-order valence-electron chi connectivity index (χ4n) is 3.44. The molecule has 0 aliphatic heterocycles. The third-order valence-corrected chi connectivity index (χ3v) is 9.68. The van der Waals surface area contributed by atoms with Crippen LogP contribution in [0.5, 0.6) is 0 Å². The molecule has 138 valence electrons. The molecule has 0 radical (unpaired) electrons. The second-order valence-corrected chi connectivity index (χ2v) is 11.8. The van der Waals surface area contributed by atoms with E-state index >= 15 is 0 Å². The van der Waals surface area contributed by atoms with Crippen molar-refractivity contribution < 1.29 is 9.22 Å². The van der Waals surface area contributed by atoms with Gasteiger partial charge in [-0.3, -0.25) is 0 Å². The molecule has 2 nitrogen and oxygen atoms in total. The first kappa shape index (κ1) is 20.3. The minimum absolute atomic E-state index is 0.0109. The number of aldehydes is 1. The van der Waals surface area contributed by atoms with Crippen molar-refractivity contribution in [3.8, 4) is 0 Å². The van der Waals surface area contributed by atoms with E-state index in [1.54, 1.807) is 0 Å². The second-order valence-electron chi connectivity index (χ2n) is 7.52. The molecular weight excluding hydrogens is 336 g/mol. The van der Waals surface area contributed by atoms with Crippen LogP contribution in [-0.4, -0.2) is 21.2 Å². The highest BCUT2D eigenvalue weighted by molar-refractivity contribution is 6.99. The van der Waals surface area contributed by atoms with Crippen molar-refractivity contribution >= 4 is 25.0 Å². The molecule has 0 N–H and O–H groups in total. The van der Waals surface area contributed by atoms with Gasteiger partial charge in [0, 0.05) is 13.0 Å². The van der Waals surface area contributed by atoms with Crippen LogP contribution < -0.4 is 10.4 Å². The van der Waals surface area contributed by atoms with Gasteiger partial charge in [0.05, 0.1) is 0 Å². The van der Waals surface area contributed by atoms with Crippen molar-refractivity contribution in [1.29, 1.82) is 0 Å². The summed E-state index contributed by atoms with van der Waals surface area (Å²) in [5.74, 6) is 0. The largest absolute Gasteiger partial charge is 0.407 e. The smallest absolute Gasteiger partial charge is 0.261 e. The fraction of sp³-hybridized carbons (Fsp3) is 0.348. The maximum Gasteiger partial charge on any atom is 0.261 e. The predicted octanol–water partition coefficient (Wildman–Crippen LogP) is 4.49. The molecule has 0 saturated carbocycles. The van der Waals surface area contributed by atoms with Crippen LogP contribution in [0.4, 0.5) is 0 Å². The Morgan fingerprint density at radius 3 is 1.77 bits per heavy atom. The molecule has 0 aromatic heterocycles. The van der Waals surface area contributed by atoms with Crippen LogP contribution in [0.15, 0.2) is 72.8 Å². The van der Waals surface area contributed by atoms with Crippen LogP contribution in [0.1, 0.15) is 40.0 Å². The molecule has 0 aliphatic carbocycles. The highest BCUT2D eigenvalue weighted by atomic mass is 28.4. The molecule has 0 spiro atoms. The van der Waals surface area contributed by atoms with E-state index < -0.39 is 8.32 Å². The number of hydrogen-bond acceptors (Lipinski definition) is 2. The minimum atomic E-state index is -2.41. The zero-order valence-electron chi connectivity index (χ0n) is 16.2. The molecule has 0 fully saturated rings. The third-order valence-electron chi connectivity index (χ3n) is 4.64. The van der Waals surface area contributed by atoms with Gasteiger partial charge in [0.1, 0.15) is 6.29 Å². The first-order valence-electron chi connectivity index (χ1n) is 9.36. The SMILES string of the molecule is CC(C)(C)[Si](OCCC=CCCC=O)(c1ccccc1)c1ccccc1. The van der Waals surface area contributed by atoms with E-state index in [9.17, 15) is 4.79 Å². The molecule has 0 aliphatic rings. The van der Waals surface area contributed by atoms with Gasteiger partial charge in [0.2, 0.25) is 0 Å². The minimum Gasteiger partial charge on any atom is -0.407 e. The number of benzene rings is 2. The van der Waals surface area contributed by atoms with Gasteiger partial charge in [-0.1, -0.05) is 93.6 Å². The summed E-state index contributed by atoms with van der Waals surface area (Å²) in [5.41, 5.74) is 0. The number of carbonyl (C=O) groups excluding carboxylic acids is 1. The molecular formula is C23H30O2Si. The quantitative estimate of drug-likeness (QED) is 0.283. The summed E-state index contributed by atoms with van der Waals surface area (Å²) in [4.78, 5) is 10.4. The van der Waals surface area contributed by atoms with Crippen LogP contribution in [-0.2, 0) is 9.22 Å². The summed E-state index contributed by atoms with van der Waals surface area (Å²) in [6.45, 7) is 7.56. The van der Waals surface area contributed by atoms with Gasteiger partial charge in [-0.25, -0.2) is 0 Å². The Labute approximate surface area is 159 Å². The van der Waals surface area contributed by atoms with Gasteiger partial charge in [0.25, 0.3) is 8.32 Å². The Bertz CT molecular complexity index is 648. The van der Waals surface area contributed by atoms with Crippen LogP contribution in [0.3, 0.4) is 0 Å². The van der Waals surface area contributed by atoms with Gasteiger partial charge >= 0.3 is 0 Å². The van der Waals surface area contributed by atoms with Crippen molar-refractivity contribution in [3.05, 3.63) is 72.8 Å². The summed E-state index contributed by atoms with van der Waals surface area (Å²) in [7, 11) is -2.41. The molecule has 26 heavy (non-hydrogen) atoms. The summed E-state index contributed by atoms with van der Waals surface area (Å²) in [6, 6.07) is 21.4. The van der Waals surface area contributed by atoms with Gasteiger partial charge in [0.15, 0.2) is 0 Å².